The minimum absolute atomic E-state index is 0.0514. The van der Waals surface area contributed by atoms with E-state index in [9.17, 15) is 66.4 Å². The molecule has 3 N–H and O–H groups in total. The molecule has 0 aliphatic carbocycles. The highest BCUT2D eigenvalue weighted by molar-refractivity contribution is 8.46. The molecule has 0 radical (unpaired) electrons. The first kappa shape index (κ1) is 38.4. The lowest BCUT2D eigenvalue weighted by Gasteiger charge is -2.41. The zero-order valence-electron chi connectivity index (χ0n) is 22.2. The summed E-state index contributed by atoms with van der Waals surface area (Å²) >= 11 is 0. The monoisotopic (exact) mass is 708 g/mol. The van der Waals surface area contributed by atoms with Crippen molar-refractivity contribution in [3.63, 3.8) is 0 Å². The number of amides is 3. The average Bonchev–Trinajstić information content (AvgIpc) is 2.83. The Bertz CT molecular complexity index is 1470. The minimum atomic E-state index is -10.3. The number of nitrogens with one attached hydrogen (secondary N) is 1. The summed E-state index contributed by atoms with van der Waals surface area (Å²) in [6.07, 6.45) is -5.49. The van der Waals surface area contributed by atoms with Gasteiger partial charge in [0.2, 0.25) is 0 Å². The van der Waals surface area contributed by atoms with Gasteiger partial charge in [-0.15, -0.1) is 0 Å². The molecule has 0 bridgehead atoms. The van der Waals surface area contributed by atoms with Crippen LogP contribution in [0.4, 0.5) is 63.4 Å². The van der Waals surface area contributed by atoms with Gasteiger partial charge in [-0.25, -0.2) is 10.1 Å². The second-order valence-electron chi connectivity index (χ2n) is 8.40. The molecule has 0 saturated carbocycles. The van der Waals surface area contributed by atoms with Gasteiger partial charge in [0.15, 0.2) is 0 Å². The number of nitrogens with two attached hydrogens (primary N) is 1. The third-order valence-electron chi connectivity index (χ3n) is 4.86. The normalized spacial score (nSPS) is 15.3. The van der Waals surface area contributed by atoms with Gasteiger partial charge in [0.25, 0.3) is 11.8 Å². The molecule has 24 heteroatoms. The number of hydrogen-bond donors (Lipinski definition) is 2. The Morgan fingerprint density at radius 3 is 1.39 bits per heavy atom. The van der Waals surface area contributed by atoms with E-state index >= 15 is 0 Å². The largest absolute Gasteiger partial charge is 0.471 e. The molecule has 44 heavy (non-hydrogen) atoms. The van der Waals surface area contributed by atoms with Crippen molar-refractivity contribution in [2.75, 3.05) is 39.4 Å². The summed E-state index contributed by atoms with van der Waals surface area (Å²) in [5.74, 6) is -5.10. The molecule has 0 atom stereocenters. The van der Waals surface area contributed by atoms with Crippen molar-refractivity contribution in [1.82, 2.24) is 10.1 Å². The number of alkyl halides is 3. The van der Waals surface area contributed by atoms with E-state index < -0.39 is 82.7 Å². The summed E-state index contributed by atoms with van der Waals surface area (Å²) in [7, 11) is -16.2. The van der Waals surface area contributed by atoms with E-state index in [0.717, 1.165) is 39.7 Å². The fourth-order valence-electron chi connectivity index (χ4n) is 2.72. The molecule has 0 fully saturated rings. The number of hydrogen-bond acceptors (Lipinski definition) is 6. The van der Waals surface area contributed by atoms with Gasteiger partial charge in [0.1, 0.15) is 9.79 Å². The molecule has 0 aliphatic rings. The summed E-state index contributed by atoms with van der Waals surface area (Å²) in [5, 5.41) is 1.93. The molecular weight excluding hydrogens is 687 g/mol. The lowest BCUT2D eigenvalue weighted by molar-refractivity contribution is -0.167. The Balaban J connectivity index is 0.000000457. The number of carbonyl (C=O) groups is 3. The maximum atomic E-state index is 12.9. The van der Waals surface area contributed by atoms with Crippen molar-refractivity contribution in [3.8, 4) is 0 Å². The molecule has 2 aromatic rings. The first-order valence-corrected chi connectivity index (χ1v) is 14.6. The van der Waals surface area contributed by atoms with Gasteiger partial charge in [-0.05, 0) is 36.4 Å². The van der Waals surface area contributed by atoms with Gasteiger partial charge < -0.3 is 11.1 Å². The standard InChI is InChI=1S/C11H10F8N2O3S.C9H11F5N2O2S/c1-21(24-2)9(22)6-3-7(20-10(23)11(12,13)14)5-8(4-6)25(15,16,17,18)19;1-16(18-2)9(17)6-3-7(15)5-8(4-6)19(10,11,12,13)14/h3-5H,1-2H3,(H,20,23);3-5H,15H2,1-2H3. The van der Waals surface area contributed by atoms with E-state index in [1.807, 2.05) is 0 Å². The Morgan fingerprint density at radius 2 is 1.05 bits per heavy atom. The first-order chi connectivity index (χ1) is 19.1. The summed E-state index contributed by atoms with van der Waals surface area (Å²) in [6, 6.07) is 0.720. The zero-order valence-corrected chi connectivity index (χ0v) is 23.8. The highest BCUT2D eigenvalue weighted by atomic mass is 32.5. The van der Waals surface area contributed by atoms with Gasteiger partial charge in [0, 0.05) is 36.6 Å². The number of benzene rings is 2. The van der Waals surface area contributed by atoms with Gasteiger partial charge in [-0.2, -0.15) is 13.2 Å². The van der Waals surface area contributed by atoms with Crippen LogP contribution in [0, 0.1) is 0 Å². The molecule has 0 spiro atoms. The first-order valence-electron chi connectivity index (χ1n) is 10.7. The summed E-state index contributed by atoms with van der Waals surface area (Å²) in [4.78, 5) is 38.1. The third-order valence-corrected chi connectivity index (χ3v) is 7.11. The number of rotatable bonds is 7. The van der Waals surface area contributed by atoms with Crippen LogP contribution in [0.5, 0.6) is 0 Å². The van der Waals surface area contributed by atoms with Crippen molar-refractivity contribution in [3.05, 3.63) is 47.5 Å². The number of nitrogens with zero attached hydrogens (tertiary/aromatic N) is 2. The Hall–Kier alpha value is -3.64. The number of carbonyl (C=O) groups excluding carboxylic acids is 3. The zero-order chi connectivity index (χ0) is 35.0. The average molecular weight is 709 g/mol. The van der Waals surface area contributed by atoms with E-state index in [0.29, 0.717) is 16.2 Å². The molecule has 0 heterocycles. The summed E-state index contributed by atoms with van der Waals surface area (Å²) in [6.45, 7) is 0. The fraction of sp³-hybridized carbons (Fsp3) is 0.250. The molecule has 254 valence electrons. The number of halogens is 13. The molecule has 2 rings (SSSR count). The van der Waals surface area contributed by atoms with E-state index in [-0.39, 0.29) is 18.2 Å². The number of hydroxylamine groups is 4. The van der Waals surface area contributed by atoms with Crippen LogP contribution >= 0.6 is 20.4 Å². The van der Waals surface area contributed by atoms with Crippen LogP contribution in [-0.4, -0.2) is 62.3 Å². The molecule has 9 nitrogen and oxygen atoms in total. The second kappa shape index (κ2) is 10.5. The Labute approximate surface area is 239 Å². The van der Waals surface area contributed by atoms with E-state index in [1.54, 1.807) is 0 Å². The molecule has 0 aromatic heterocycles. The quantitative estimate of drug-likeness (QED) is 0.171. The molecule has 0 aliphatic heterocycles. The van der Waals surface area contributed by atoms with Crippen molar-refractivity contribution in [2.45, 2.75) is 16.0 Å². The van der Waals surface area contributed by atoms with Gasteiger partial charge >= 0.3 is 32.5 Å². The van der Waals surface area contributed by atoms with Crippen LogP contribution in [0.1, 0.15) is 20.7 Å². The lowest BCUT2D eigenvalue weighted by Crippen LogP contribution is -2.30. The van der Waals surface area contributed by atoms with Crippen LogP contribution in [0.2, 0.25) is 0 Å². The van der Waals surface area contributed by atoms with Crippen molar-refractivity contribution < 1.29 is 76.1 Å². The Morgan fingerprint density at radius 1 is 0.682 bits per heavy atom. The molecular formula is C20H21F13N4O5S2. The maximum absolute atomic E-state index is 12.9. The number of anilines is 2. The molecule has 3 amide bonds. The predicted molar refractivity (Wildman–Crippen MR) is 133 cm³/mol. The topological polar surface area (TPSA) is 114 Å². The van der Waals surface area contributed by atoms with E-state index in [4.69, 9.17) is 5.73 Å². The molecule has 0 unspecified atom stereocenters. The summed E-state index contributed by atoms with van der Waals surface area (Å²) < 4.78 is 164. The van der Waals surface area contributed by atoms with Crippen LogP contribution < -0.4 is 11.1 Å². The van der Waals surface area contributed by atoms with Crippen molar-refractivity contribution in [2.24, 2.45) is 0 Å². The SMILES string of the molecule is CON(C)C(=O)c1cc(N)cc(S(F)(F)(F)(F)F)c1.CON(C)C(=O)c1cc(NC(=O)C(F)(F)F)cc(S(F)(F)(F)(F)F)c1. The predicted octanol–water partition coefficient (Wildman–Crippen LogP) is 8.04. The van der Waals surface area contributed by atoms with Gasteiger partial charge in [-0.1, -0.05) is 38.9 Å². The Kier molecular flexibility index (Phi) is 9.14. The van der Waals surface area contributed by atoms with Crippen LogP contribution in [-0.2, 0) is 14.5 Å². The lowest BCUT2D eigenvalue weighted by atomic mass is 10.2. The van der Waals surface area contributed by atoms with E-state index in [2.05, 4.69) is 9.68 Å². The smallest absolute Gasteiger partial charge is 0.399 e. The second-order valence-corrected chi connectivity index (χ2v) is 13.2. The third kappa shape index (κ3) is 10.8. The maximum Gasteiger partial charge on any atom is 0.471 e. The molecule has 0 saturated heterocycles. The van der Waals surface area contributed by atoms with Crippen molar-refractivity contribution in [1.29, 1.82) is 0 Å². The van der Waals surface area contributed by atoms with Crippen molar-refractivity contribution >= 4 is 49.5 Å². The molecule has 2 aromatic carbocycles. The highest BCUT2D eigenvalue weighted by Crippen LogP contribution is 3.02. The van der Waals surface area contributed by atoms with Crippen LogP contribution in [0.15, 0.2) is 46.2 Å². The van der Waals surface area contributed by atoms with Crippen LogP contribution in [0.25, 0.3) is 0 Å². The highest BCUT2D eigenvalue weighted by Gasteiger charge is 2.66. The van der Waals surface area contributed by atoms with Gasteiger partial charge in [0.05, 0.1) is 14.2 Å². The van der Waals surface area contributed by atoms with Crippen LogP contribution in [0.3, 0.4) is 0 Å². The fourth-order valence-corrected chi connectivity index (χ4v) is 4.12. The van der Waals surface area contributed by atoms with E-state index in [1.165, 1.54) is 0 Å². The minimum Gasteiger partial charge on any atom is -0.399 e. The van der Waals surface area contributed by atoms with Gasteiger partial charge in [-0.3, -0.25) is 24.1 Å². The number of nitrogen functional groups attached to an aromatic ring is 1. The summed E-state index contributed by atoms with van der Waals surface area (Å²) in [5.41, 5.74) is 1.52.